The molecule has 130 valence electrons. The number of hydrogen-bond donors (Lipinski definition) is 2. The summed E-state index contributed by atoms with van der Waals surface area (Å²) in [5.74, 6) is 2.03. The first-order valence-corrected chi connectivity index (χ1v) is 9.15. The molecule has 2 N–H and O–H groups in total. The van der Waals surface area contributed by atoms with Crippen LogP contribution >= 0.6 is 0 Å². The third kappa shape index (κ3) is 3.26. The van der Waals surface area contributed by atoms with Crippen molar-refractivity contribution < 1.29 is 9.59 Å². The molecule has 0 saturated heterocycles. The van der Waals surface area contributed by atoms with Gasteiger partial charge in [0, 0.05) is 16.8 Å². The monoisotopic (exact) mass is 337 g/mol. The SMILES string of the molecule is N#CCC(=O)Nc1ccc(C(=O)NC23CC4CC(CC(C4)C2)C3)cc1. The molecule has 1 aromatic rings. The quantitative estimate of drug-likeness (QED) is 0.885. The lowest BCUT2D eigenvalue weighted by atomic mass is 9.53. The minimum atomic E-state index is -0.340. The highest BCUT2D eigenvalue weighted by atomic mass is 16.2. The van der Waals surface area contributed by atoms with E-state index in [4.69, 9.17) is 5.26 Å². The molecule has 4 fully saturated rings. The molecule has 5 rings (SSSR count). The molecule has 0 unspecified atom stereocenters. The minimum Gasteiger partial charge on any atom is -0.347 e. The lowest BCUT2D eigenvalue weighted by Crippen LogP contribution is -2.59. The van der Waals surface area contributed by atoms with Crippen LogP contribution in [0.2, 0.25) is 0 Å². The second-order valence-electron chi connectivity index (χ2n) is 8.11. The van der Waals surface area contributed by atoms with Crippen molar-refractivity contribution in [3.05, 3.63) is 29.8 Å². The Hall–Kier alpha value is -2.35. The summed E-state index contributed by atoms with van der Waals surface area (Å²) in [4.78, 5) is 24.2. The molecule has 4 aliphatic carbocycles. The van der Waals surface area contributed by atoms with Crippen LogP contribution < -0.4 is 10.6 Å². The van der Waals surface area contributed by atoms with E-state index in [2.05, 4.69) is 10.6 Å². The zero-order valence-corrected chi connectivity index (χ0v) is 14.3. The first-order chi connectivity index (χ1) is 12.0. The minimum absolute atomic E-state index is 0.00547. The fraction of sp³-hybridized carbons (Fsp3) is 0.550. The molecule has 0 heterocycles. The molecular formula is C20H23N3O2. The van der Waals surface area contributed by atoms with E-state index in [0.29, 0.717) is 11.3 Å². The van der Waals surface area contributed by atoms with Gasteiger partial charge in [0.1, 0.15) is 6.42 Å². The van der Waals surface area contributed by atoms with Gasteiger partial charge in [-0.3, -0.25) is 9.59 Å². The number of nitrogens with zero attached hydrogens (tertiary/aromatic N) is 1. The van der Waals surface area contributed by atoms with Crippen LogP contribution in [0.3, 0.4) is 0 Å². The van der Waals surface area contributed by atoms with Crippen molar-refractivity contribution in [1.82, 2.24) is 5.32 Å². The zero-order chi connectivity index (χ0) is 17.4. The van der Waals surface area contributed by atoms with Crippen LogP contribution in [0, 0.1) is 29.1 Å². The van der Waals surface area contributed by atoms with E-state index in [9.17, 15) is 9.59 Å². The van der Waals surface area contributed by atoms with Crippen molar-refractivity contribution in [3.63, 3.8) is 0 Å². The predicted molar refractivity (Wildman–Crippen MR) is 93.7 cm³/mol. The first-order valence-electron chi connectivity index (χ1n) is 9.15. The molecule has 0 aliphatic heterocycles. The number of benzene rings is 1. The zero-order valence-electron chi connectivity index (χ0n) is 14.3. The Morgan fingerprint density at radius 2 is 1.60 bits per heavy atom. The van der Waals surface area contributed by atoms with Gasteiger partial charge in [0.2, 0.25) is 5.91 Å². The summed E-state index contributed by atoms with van der Waals surface area (Å²) in [7, 11) is 0. The van der Waals surface area contributed by atoms with E-state index >= 15 is 0 Å². The van der Waals surface area contributed by atoms with Crippen LogP contribution in [-0.4, -0.2) is 17.4 Å². The topological polar surface area (TPSA) is 82.0 Å². The van der Waals surface area contributed by atoms with Crippen LogP contribution in [0.25, 0.3) is 0 Å². The van der Waals surface area contributed by atoms with Gasteiger partial charge < -0.3 is 10.6 Å². The van der Waals surface area contributed by atoms with Crippen molar-refractivity contribution in [2.24, 2.45) is 17.8 Å². The summed E-state index contributed by atoms with van der Waals surface area (Å²) in [5.41, 5.74) is 1.23. The Labute approximate surface area is 147 Å². The van der Waals surface area contributed by atoms with E-state index < -0.39 is 0 Å². The molecule has 0 aromatic heterocycles. The average Bonchev–Trinajstić information content (AvgIpc) is 2.54. The highest BCUT2D eigenvalue weighted by Gasteiger charge is 2.51. The van der Waals surface area contributed by atoms with Gasteiger partial charge >= 0.3 is 0 Å². The number of anilines is 1. The third-order valence-corrected chi connectivity index (χ3v) is 6.09. The standard InChI is InChI=1S/C20H23N3O2/c21-6-5-18(24)22-17-3-1-16(2-4-17)19(25)23-20-10-13-7-14(11-20)9-15(8-13)12-20/h1-4,13-15H,5,7-12H2,(H,22,24)(H,23,25). The van der Waals surface area contributed by atoms with Gasteiger partial charge in [-0.1, -0.05) is 0 Å². The summed E-state index contributed by atoms with van der Waals surface area (Å²) in [6.07, 6.45) is 7.28. The van der Waals surface area contributed by atoms with Gasteiger partial charge in [-0.25, -0.2) is 0 Å². The molecule has 25 heavy (non-hydrogen) atoms. The average molecular weight is 337 g/mol. The van der Waals surface area contributed by atoms with Crippen molar-refractivity contribution in [2.75, 3.05) is 5.32 Å². The highest BCUT2D eigenvalue weighted by molar-refractivity contribution is 5.96. The molecule has 5 nitrogen and oxygen atoms in total. The number of hydrogen-bond acceptors (Lipinski definition) is 3. The van der Waals surface area contributed by atoms with E-state index in [1.807, 2.05) is 6.07 Å². The van der Waals surface area contributed by atoms with Crippen LogP contribution in [0.15, 0.2) is 24.3 Å². The molecule has 5 heteroatoms. The summed E-state index contributed by atoms with van der Waals surface area (Å²) < 4.78 is 0. The summed E-state index contributed by atoms with van der Waals surface area (Å²) >= 11 is 0. The van der Waals surface area contributed by atoms with Crippen LogP contribution in [0.4, 0.5) is 5.69 Å². The number of nitriles is 1. The maximum atomic E-state index is 12.7. The molecule has 0 radical (unpaired) electrons. The molecule has 4 saturated carbocycles. The Kier molecular flexibility index (Phi) is 3.99. The summed E-state index contributed by atoms with van der Waals surface area (Å²) in [6.45, 7) is 0. The van der Waals surface area contributed by atoms with Gasteiger partial charge in [0.05, 0.1) is 6.07 Å². The summed E-state index contributed by atoms with van der Waals surface area (Å²) in [6, 6.07) is 8.71. The van der Waals surface area contributed by atoms with Gasteiger partial charge in [0.25, 0.3) is 5.91 Å². The maximum Gasteiger partial charge on any atom is 0.251 e. The molecular weight excluding hydrogens is 314 g/mol. The van der Waals surface area contributed by atoms with E-state index in [0.717, 1.165) is 37.0 Å². The summed E-state index contributed by atoms with van der Waals surface area (Å²) in [5, 5.41) is 14.5. The van der Waals surface area contributed by atoms with Crippen molar-refractivity contribution in [2.45, 2.75) is 50.5 Å². The van der Waals surface area contributed by atoms with Crippen molar-refractivity contribution >= 4 is 17.5 Å². The number of carbonyl (C=O) groups excluding carboxylic acids is 2. The van der Waals surface area contributed by atoms with Gasteiger partial charge in [-0.2, -0.15) is 5.26 Å². The maximum absolute atomic E-state index is 12.7. The second kappa shape index (κ2) is 6.18. The van der Waals surface area contributed by atoms with E-state index in [1.165, 1.54) is 19.3 Å². The molecule has 4 bridgehead atoms. The fourth-order valence-electron chi connectivity index (χ4n) is 5.56. The molecule has 0 atom stereocenters. The molecule has 4 aliphatic rings. The van der Waals surface area contributed by atoms with Gasteiger partial charge in [-0.05, 0) is 80.5 Å². The predicted octanol–water partition coefficient (Wildman–Crippen LogP) is 3.24. The van der Waals surface area contributed by atoms with Gasteiger partial charge in [-0.15, -0.1) is 0 Å². The van der Waals surface area contributed by atoms with Crippen LogP contribution in [-0.2, 0) is 4.79 Å². The number of nitrogens with one attached hydrogen (secondary N) is 2. The smallest absolute Gasteiger partial charge is 0.251 e. The van der Waals surface area contributed by atoms with Crippen molar-refractivity contribution in [1.29, 1.82) is 5.26 Å². The third-order valence-electron chi connectivity index (χ3n) is 6.09. The van der Waals surface area contributed by atoms with Crippen LogP contribution in [0.1, 0.15) is 55.3 Å². The largest absolute Gasteiger partial charge is 0.347 e. The lowest BCUT2D eigenvalue weighted by molar-refractivity contribution is -0.115. The number of carbonyl (C=O) groups is 2. The number of amides is 2. The second-order valence-corrected chi connectivity index (χ2v) is 8.11. The fourth-order valence-corrected chi connectivity index (χ4v) is 5.56. The Morgan fingerprint density at radius 1 is 1.04 bits per heavy atom. The van der Waals surface area contributed by atoms with Crippen molar-refractivity contribution in [3.8, 4) is 6.07 Å². The normalized spacial score (nSPS) is 32.0. The Morgan fingerprint density at radius 3 is 2.12 bits per heavy atom. The van der Waals surface area contributed by atoms with E-state index in [1.54, 1.807) is 24.3 Å². The van der Waals surface area contributed by atoms with Gasteiger partial charge in [0.15, 0.2) is 0 Å². The lowest BCUT2D eigenvalue weighted by Gasteiger charge is -2.56. The molecule has 2 amide bonds. The number of rotatable bonds is 4. The Bertz CT molecular complexity index is 697. The van der Waals surface area contributed by atoms with Crippen LogP contribution in [0.5, 0.6) is 0 Å². The highest BCUT2D eigenvalue weighted by Crippen LogP contribution is 2.55. The molecule has 0 spiro atoms. The first kappa shape index (κ1) is 16.1. The Balaban J connectivity index is 1.41. The van der Waals surface area contributed by atoms with E-state index in [-0.39, 0.29) is 23.8 Å². The molecule has 1 aromatic carbocycles.